The first-order valence-corrected chi connectivity index (χ1v) is 6.43. The molecule has 6 heteroatoms. The summed E-state index contributed by atoms with van der Waals surface area (Å²) in [5, 5.41) is 3.15. The summed E-state index contributed by atoms with van der Waals surface area (Å²) in [5.41, 5.74) is 7.00. The van der Waals surface area contributed by atoms with Gasteiger partial charge in [0.25, 0.3) is 5.91 Å². The van der Waals surface area contributed by atoms with Gasteiger partial charge in [0.15, 0.2) is 0 Å². The summed E-state index contributed by atoms with van der Waals surface area (Å²) in [5.74, 6) is 0.170. The van der Waals surface area contributed by atoms with E-state index in [1.54, 1.807) is 24.3 Å². The number of nitrogen functional groups attached to an aromatic ring is 1. The minimum absolute atomic E-state index is 0.325. The molecule has 20 heavy (non-hydrogen) atoms. The van der Waals surface area contributed by atoms with Crippen LogP contribution in [0, 0.1) is 0 Å². The van der Waals surface area contributed by atoms with Crippen LogP contribution in [-0.2, 0) is 0 Å². The zero-order chi connectivity index (χ0) is 14.5. The molecule has 1 amide bonds. The first-order valence-electron chi connectivity index (χ1n) is 6.05. The molecule has 0 aliphatic rings. The fourth-order valence-electron chi connectivity index (χ4n) is 1.61. The molecule has 0 saturated carbocycles. The third-order valence-corrected chi connectivity index (χ3v) is 2.78. The fourth-order valence-corrected chi connectivity index (χ4v) is 1.78. The van der Waals surface area contributed by atoms with Gasteiger partial charge in [-0.2, -0.15) is 0 Å². The van der Waals surface area contributed by atoms with Gasteiger partial charge in [-0.25, -0.2) is 4.98 Å². The molecule has 0 atom stereocenters. The van der Waals surface area contributed by atoms with E-state index in [-0.39, 0.29) is 5.91 Å². The van der Waals surface area contributed by atoms with Gasteiger partial charge in [0, 0.05) is 16.8 Å². The number of anilines is 2. The lowest BCUT2D eigenvalue weighted by molar-refractivity contribution is 0.102. The third kappa shape index (κ3) is 3.39. The number of carbonyl (C=O) groups excluding carboxylic acids is 1. The number of amides is 1. The maximum atomic E-state index is 12.1. The summed E-state index contributed by atoms with van der Waals surface area (Å²) in [7, 11) is 0. The molecule has 0 radical (unpaired) electrons. The first kappa shape index (κ1) is 14.1. The Kier molecular flexibility index (Phi) is 4.42. The predicted octanol–water partition coefficient (Wildman–Crippen LogP) is 2.97. The van der Waals surface area contributed by atoms with Crippen molar-refractivity contribution in [2.24, 2.45) is 0 Å². The molecule has 0 saturated heterocycles. The first-order chi connectivity index (χ1) is 9.60. The van der Waals surface area contributed by atoms with E-state index in [1.807, 2.05) is 6.92 Å². The number of nitrogens with zero attached hydrogens (tertiary/aromatic N) is 1. The van der Waals surface area contributed by atoms with Gasteiger partial charge in [-0.1, -0.05) is 11.6 Å². The van der Waals surface area contributed by atoms with E-state index in [1.165, 1.54) is 12.3 Å². The molecule has 1 aromatic heterocycles. The molecule has 0 aliphatic heterocycles. The number of halogens is 1. The number of aromatic nitrogens is 1. The minimum Gasteiger partial charge on any atom is -0.478 e. The zero-order valence-corrected chi connectivity index (χ0v) is 11.6. The second-order valence-electron chi connectivity index (χ2n) is 4.00. The highest BCUT2D eigenvalue weighted by Gasteiger charge is 2.11. The lowest BCUT2D eigenvalue weighted by Gasteiger charge is -2.08. The van der Waals surface area contributed by atoms with Crippen LogP contribution < -0.4 is 15.8 Å². The number of benzene rings is 1. The Bertz CT molecular complexity index is 614. The molecule has 1 heterocycles. The van der Waals surface area contributed by atoms with Crippen LogP contribution >= 0.6 is 11.6 Å². The van der Waals surface area contributed by atoms with E-state index in [0.717, 1.165) is 0 Å². The summed E-state index contributed by atoms with van der Waals surface area (Å²) in [4.78, 5) is 16.1. The van der Waals surface area contributed by atoms with Crippen LogP contribution in [0.4, 0.5) is 11.4 Å². The van der Waals surface area contributed by atoms with Crippen molar-refractivity contribution in [3.05, 3.63) is 47.1 Å². The Balaban J connectivity index is 2.13. The number of ether oxygens (including phenoxy) is 1. The molecule has 0 fully saturated rings. The molecule has 0 unspecified atom stereocenters. The van der Waals surface area contributed by atoms with E-state index in [2.05, 4.69) is 10.3 Å². The molecule has 2 rings (SSSR count). The lowest BCUT2D eigenvalue weighted by atomic mass is 10.1. The molecule has 0 spiro atoms. The van der Waals surface area contributed by atoms with Crippen molar-refractivity contribution < 1.29 is 9.53 Å². The molecule has 104 valence electrons. The van der Waals surface area contributed by atoms with Crippen LogP contribution in [-0.4, -0.2) is 17.5 Å². The number of pyridine rings is 1. The number of nitrogens with two attached hydrogens (primary N) is 1. The van der Waals surface area contributed by atoms with Gasteiger partial charge in [-0.3, -0.25) is 4.79 Å². The molecular weight excluding hydrogens is 278 g/mol. The molecule has 0 bridgehead atoms. The maximum Gasteiger partial charge on any atom is 0.257 e. The van der Waals surface area contributed by atoms with Crippen LogP contribution in [0.1, 0.15) is 17.3 Å². The Morgan fingerprint density at radius 1 is 1.40 bits per heavy atom. The van der Waals surface area contributed by atoms with Crippen LogP contribution in [0.5, 0.6) is 5.88 Å². The quantitative estimate of drug-likeness (QED) is 0.849. The second-order valence-corrected chi connectivity index (χ2v) is 4.44. The van der Waals surface area contributed by atoms with E-state index in [9.17, 15) is 4.79 Å². The Hall–Kier alpha value is -2.27. The highest BCUT2D eigenvalue weighted by atomic mass is 35.5. The predicted molar refractivity (Wildman–Crippen MR) is 79.2 cm³/mol. The summed E-state index contributed by atoms with van der Waals surface area (Å²) >= 11 is 5.85. The van der Waals surface area contributed by atoms with Gasteiger partial charge in [0.05, 0.1) is 24.1 Å². The molecule has 3 N–H and O–H groups in total. The SMILES string of the molecule is CCOc1ccc(NC(=O)c2cc(Cl)ccc2N)cn1. The number of hydrogen-bond acceptors (Lipinski definition) is 4. The van der Waals surface area contributed by atoms with Crippen molar-refractivity contribution in [3.8, 4) is 5.88 Å². The summed E-state index contributed by atoms with van der Waals surface area (Å²) in [6.45, 7) is 2.41. The molecule has 2 aromatic rings. The Morgan fingerprint density at radius 3 is 2.85 bits per heavy atom. The normalized spacial score (nSPS) is 10.1. The Labute approximate surface area is 121 Å². The Morgan fingerprint density at radius 2 is 2.20 bits per heavy atom. The van der Waals surface area contributed by atoms with Gasteiger partial charge < -0.3 is 15.8 Å². The van der Waals surface area contributed by atoms with E-state index in [0.29, 0.717) is 34.4 Å². The van der Waals surface area contributed by atoms with Crippen LogP contribution in [0.15, 0.2) is 36.5 Å². The highest BCUT2D eigenvalue weighted by Crippen LogP contribution is 2.20. The number of carbonyl (C=O) groups is 1. The lowest BCUT2D eigenvalue weighted by Crippen LogP contribution is -2.14. The van der Waals surface area contributed by atoms with Gasteiger partial charge in [0.1, 0.15) is 0 Å². The average molecular weight is 292 g/mol. The van der Waals surface area contributed by atoms with Gasteiger partial charge >= 0.3 is 0 Å². The number of hydrogen-bond donors (Lipinski definition) is 2. The smallest absolute Gasteiger partial charge is 0.257 e. The van der Waals surface area contributed by atoms with Crippen molar-refractivity contribution in [1.29, 1.82) is 0 Å². The van der Waals surface area contributed by atoms with Crippen LogP contribution in [0.25, 0.3) is 0 Å². The largest absolute Gasteiger partial charge is 0.478 e. The van der Waals surface area contributed by atoms with Gasteiger partial charge in [0.2, 0.25) is 5.88 Å². The van der Waals surface area contributed by atoms with Crippen LogP contribution in [0.2, 0.25) is 5.02 Å². The third-order valence-electron chi connectivity index (χ3n) is 2.55. The van der Waals surface area contributed by atoms with Crippen molar-refractivity contribution in [3.63, 3.8) is 0 Å². The standard InChI is InChI=1S/C14H14ClN3O2/c1-2-20-13-6-4-10(8-17-13)18-14(19)11-7-9(15)3-5-12(11)16/h3-8H,2,16H2,1H3,(H,18,19). The second kappa shape index (κ2) is 6.25. The molecule has 0 aliphatic carbocycles. The molecule has 1 aromatic carbocycles. The molecular formula is C14H14ClN3O2. The maximum absolute atomic E-state index is 12.1. The fraction of sp³-hybridized carbons (Fsp3) is 0.143. The highest BCUT2D eigenvalue weighted by molar-refractivity contribution is 6.31. The molecule has 5 nitrogen and oxygen atoms in total. The monoisotopic (exact) mass is 291 g/mol. The number of rotatable bonds is 4. The summed E-state index contributed by atoms with van der Waals surface area (Å²) in [6, 6.07) is 8.13. The minimum atomic E-state index is -0.337. The topological polar surface area (TPSA) is 77.2 Å². The van der Waals surface area contributed by atoms with Crippen molar-refractivity contribution in [2.75, 3.05) is 17.7 Å². The average Bonchev–Trinajstić information content (AvgIpc) is 2.44. The van der Waals surface area contributed by atoms with Crippen LogP contribution in [0.3, 0.4) is 0 Å². The summed E-state index contributed by atoms with van der Waals surface area (Å²) < 4.78 is 5.22. The van der Waals surface area contributed by atoms with E-state index in [4.69, 9.17) is 22.1 Å². The summed E-state index contributed by atoms with van der Waals surface area (Å²) in [6.07, 6.45) is 1.52. The van der Waals surface area contributed by atoms with E-state index >= 15 is 0 Å². The number of nitrogens with one attached hydrogen (secondary N) is 1. The van der Waals surface area contributed by atoms with Crippen molar-refractivity contribution in [1.82, 2.24) is 4.98 Å². The van der Waals surface area contributed by atoms with E-state index < -0.39 is 0 Å². The zero-order valence-electron chi connectivity index (χ0n) is 10.9. The van der Waals surface area contributed by atoms with Gasteiger partial charge in [-0.15, -0.1) is 0 Å². The van der Waals surface area contributed by atoms with Crippen molar-refractivity contribution >= 4 is 28.9 Å². The van der Waals surface area contributed by atoms with Crippen molar-refractivity contribution in [2.45, 2.75) is 6.92 Å². The van der Waals surface area contributed by atoms with Gasteiger partial charge in [-0.05, 0) is 31.2 Å².